The minimum Gasteiger partial charge on any atom is -0.352 e. The maximum Gasteiger partial charge on any atom is 0.252 e. The second-order valence-corrected chi connectivity index (χ2v) is 5.05. The molecule has 1 aliphatic rings. The number of carbonyl (C=O) groups is 1. The third kappa shape index (κ3) is 3.32. The molecule has 0 radical (unpaired) electrons. The molecular formula is C12H18N2OS. The number of carbonyl (C=O) groups excluding carboxylic acids is 1. The van der Waals surface area contributed by atoms with Gasteiger partial charge in [0.2, 0.25) is 0 Å². The summed E-state index contributed by atoms with van der Waals surface area (Å²) in [4.78, 5) is 11.7. The summed E-state index contributed by atoms with van der Waals surface area (Å²) in [5.41, 5.74) is 1.89. The summed E-state index contributed by atoms with van der Waals surface area (Å²) in [6.45, 7) is 3.74. The van der Waals surface area contributed by atoms with Crippen LogP contribution >= 0.6 is 11.3 Å². The zero-order chi connectivity index (χ0) is 11.4. The molecule has 2 rings (SSSR count). The molecule has 88 valence electrons. The molecule has 1 saturated carbocycles. The van der Waals surface area contributed by atoms with E-state index in [-0.39, 0.29) is 5.91 Å². The topological polar surface area (TPSA) is 41.1 Å². The van der Waals surface area contributed by atoms with Crippen LogP contribution in [0.25, 0.3) is 0 Å². The molecule has 0 unspecified atom stereocenters. The highest BCUT2D eigenvalue weighted by Gasteiger charge is 2.19. The first-order chi connectivity index (χ1) is 7.77. The third-order valence-electron chi connectivity index (χ3n) is 2.75. The molecule has 2 N–H and O–H groups in total. The Morgan fingerprint density at radius 1 is 1.44 bits per heavy atom. The van der Waals surface area contributed by atoms with Crippen LogP contribution < -0.4 is 10.6 Å². The Labute approximate surface area is 100 Å². The van der Waals surface area contributed by atoms with E-state index in [1.807, 2.05) is 17.7 Å². The van der Waals surface area contributed by atoms with Crippen molar-refractivity contribution in [1.29, 1.82) is 0 Å². The van der Waals surface area contributed by atoms with E-state index in [0.29, 0.717) is 0 Å². The highest BCUT2D eigenvalue weighted by molar-refractivity contribution is 7.08. The van der Waals surface area contributed by atoms with Crippen molar-refractivity contribution < 1.29 is 4.79 Å². The maximum absolute atomic E-state index is 11.7. The van der Waals surface area contributed by atoms with Gasteiger partial charge in [-0.05, 0) is 43.7 Å². The second kappa shape index (κ2) is 5.46. The molecular weight excluding hydrogens is 220 g/mol. The normalized spacial score (nSPS) is 15.1. The monoisotopic (exact) mass is 238 g/mol. The summed E-state index contributed by atoms with van der Waals surface area (Å²) in [5.74, 6) is 0.0603. The number of nitrogens with one attached hydrogen (secondary N) is 2. The average Bonchev–Trinajstić information content (AvgIpc) is 2.99. The summed E-state index contributed by atoms with van der Waals surface area (Å²) < 4.78 is 0. The molecule has 0 aromatic carbocycles. The lowest BCUT2D eigenvalue weighted by Crippen LogP contribution is -2.28. The van der Waals surface area contributed by atoms with Gasteiger partial charge in [-0.1, -0.05) is 0 Å². The van der Waals surface area contributed by atoms with Crippen LogP contribution in [-0.2, 0) is 0 Å². The fourth-order valence-corrected chi connectivity index (χ4v) is 2.40. The summed E-state index contributed by atoms with van der Waals surface area (Å²) in [5, 5.41) is 10.3. The SMILES string of the molecule is Cc1cscc1C(=O)NCCCNC1CC1. The van der Waals surface area contributed by atoms with E-state index in [4.69, 9.17) is 0 Å². The molecule has 1 amide bonds. The molecule has 0 atom stereocenters. The first-order valence-corrected chi connectivity index (χ1v) is 6.76. The molecule has 1 aliphatic carbocycles. The van der Waals surface area contributed by atoms with Gasteiger partial charge in [0.1, 0.15) is 0 Å². The zero-order valence-electron chi connectivity index (χ0n) is 9.58. The maximum atomic E-state index is 11.7. The van der Waals surface area contributed by atoms with Gasteiger partial charge in [0.05, 0.1) is 5.56 Å². The molecule has 16 heavy (non-hydrogen) atoms. The number of amides is 1. The van der Waals surface area contributed by atoms with Crippen LogP contribution in [0.4, 0.5) is 0 Å². The number of rotatable bonds is 6. The lowest BCUT2D eigenvalue weighted by atomic mass is 10.2. The summed E-state index contributed by atoms with van der Waals surface area (Å²) in [6, 6.07) is 0.759. The largest absolute Gasteiger partial charge is 0.352 e. The predicted octanol–water partition coefficient (Wildman–Crippen LogP) is 1.93. The third-order valence-corrected chi connectivity index (χ3v) is 3.61. The average molecular weight is 238 g/mol. The van der Waals surface area contributed by atoms with E-state index in [0.717, 1.165) is 36.7 Å². The van der Waals surface area contributed by atoms with Gasteiger partial charge in [-0.3, -0.25) is 4.79 Å². The van der Waals surface area contributed by atoms with E-state index in [9.17, 15) is 4.79 Å². The Morgan fingerprint density at radius 3 is 2.88 bits per heavy atom. The van der Waals surface area contributed by atoms with Gasteiger partial charge in [0, 0.05) is 18.0 Å². The van der Waals surface area contributed by atoms with Crippen LogP contribution in [0.3, 0.4) is 0 Å². The molecule has 1 aromatic heterocycles. The standard InChI is InChI=1S/C12H18N2OS/c1-9-7-16-8-11(9)12(15)14-6-2-5-13-10-3-4-10/h7-8,10,13H,2-6H2,1H3,(H,14,15). The van der Waals surface area contributed by atoms with E-state index in [2.05, 4.69) is 10.6 Å². The molecule has 4 heteroatoms. The predicted molar refractivity (Wildman–Crippen MR) is 67.0 cm³/mol. The highest BCUT2D eigenvalue weighted by Crippen LogP contribution is 2.18. The Kier molecular flexibility index (Phi) is 3.96. The number of thiophene rings is 1. The molecule has 0 aliphatic heterocycles. The number of aryl methyl sites for hydroxylation is 1. The Bertz CT molecular complexity index is 358. The van der Waals surface area contributed by atoms with Gasteiger partial charge < -0.3 is 10.6 Å². The smallest absolute Gasteiger partial charge is 0.252 e. The zero-order valence-corrected chi connectivity index (χ0v) is 10.4. The van der Waals surface area contributed by atoms with Crippen molar-refractivity contribution in [3.05, 3.63) is 21.9 Å². The van der Waals surface area contributed by atoms with Crippen LogP contribution in [-0.4, -0.2) is 25.0 Å². The van der Waals surface area contributed by atoms with E-state index < -0.39 is 0 Å². The van der Waals surface area contributed by atoms with Gasteiger partial charge in [0.15, 0.2) is 0 Å². The molecule has 1 aromatic rings. The van der Waals surface area contributed by atoms with Gasteiger partial charge in [-0.25, -0.2) is 0 Å². The van der Waals surface area contributed by atoms with Crippen molar-refractivity contribution in [2.45, 2.75) is 32.2 Å². The summed E-state index contributed by atoms with van der Waals surface area (Å²) >= 11 is 1.58. The van der Waals surface area contributed by atoms with E-state index in [1.54, 1.807) is 11.3 Å². The fraction of sp³-hybridized carbons (Fsp3) is 0.583. The van der Waals surface area contributed by atoms with Crippen LogP contribution in [0.2, 0.25) is 0 Å². The Morgan fingerprint density at radius 2 is 2.25 bits per heavy atom. The lowest BCUT2D eigenvalue weighted by molar-refractivity contribution is 0.0953. The van der Waals surface area contributed by atoms with Gasteiger partial charge in [-0.15, -0.1) is 0 Å². The minimum absolute atomic E-state index is 0.0603. The molecule has 1 heterocycles. The molecule has 0 spiro atoms. The number of hydrogen-bond donors (Lipinski definition) is 2. The van der Waals surface area contributed by atoms with Crippen molar-refractivity contribution >= 4 is 17.2 Å². The number of hydrogen-bond acceptors (Lipinski definition) is 3. The highest BCUT2D eigenvalue weighted by atomic mass is 32.1. The van der Waals surface area contributed by atoms with Crippen LogP contribution in [0.5, 0.6) is 0 Å². The van der Waals surface area contributed by atoms with Crippen molar-refractivity contribution in [3.8, 4) is 0 Å². The quantitative estimate of drug-likeness (QED) is 0.744. The second-order valence-electron chi connectivity index (χ2n) is 4.31. The van der Waals surface area contributed by atoms with E-state index in [1.165, 1.54) is 12.8 Å². The first-order valence-electron chi connectivity index (χ1n) is 5.82. The van der Waals surface area contributed by atoms with Crippen molar-refractivity contribution in [3.63, 3.8) is 0 Å². The minimum atomic E-state index is 0.0603. The first kappa shape index (κ1) is 11.6. The molecule has 3 nitrogen and oxygen atoms in total. The van der Waals surface area contributed by atoms with Crippen molar-refractivity contribution in [1.82, 2.24) is 10.6 Å². The molecule has 0 saturated heterocycles. The molecule has 0 bridgehead atoms. The molecule has 1 fully saturated rings. The van der Waals surface area contributed by atoms with Gasteiger partial charge in [0.25, 0.3) is 5.91 Å². The van der Waals surface area contributed by atoms with Crippen LogP contribution in [0.1, 0.15) is 35.2 Å². The van der Waals surface area contributed by atoms with E-state index >= 15 is 0 Å². The lowest BCUT2D eigenvalue weighted by Gasteiger charge is -2.05. The van der Waals surface area contributed by atoms with Crippen LogP contribution in [0, 0.1) is 6.92 Å². The van der Waals surface area contributed by atoms with Crippen molar-refractivity contribution in [2.24, 2.45) is 0 Å². The Balaban J connectivity index is 1.61. The van der Waals surface area contributed by atoms with Gasteiger partial charge >= 0.3 is 0 Å². The Hall–Kier alpha value is -0.870. The van der Waals surface area contributed by atoms with Crippen LogP contribution in [0.15, 0.2) is 10.8 Å². The summed E-state index contributed by atoms with van der Waals surface area (Å²) in [7, 11) is 0. The van der Waals surface area contributed by atoms with Gasteiger partial charge in [-0.2, -0.15) is 11.3 Å². The fourth-order valence-electron chi connectivity index (χ4n) is 1.57. The summed E-state index contributed by atoms with van der Waals surface area (Å²) in [6.07, 6.45) is 3.65. The van der Waals surface area contributed by atoms with Crippen molar-refractivity contribution in [2.75, 3.05) is 13.1 Å².